The molecule has 0 radical (unpaired) electrons. The third-order valence-corrected chi connectivity index (χ3v) is 6.95. The van der Waals surface area contributed by atoms with E-state index in [0.29, 0.717) is 21.7 Å². The maximum Gasteiger partial charge on any atom is 0.251 e. The molecule has 0 heterocycles. The molecule has 166 valence electrons. The SMILES string of the molecule is CNC(=O)c1ccc(CN(C(C(N)=O)c2ccccc2)S(=O)(=O)c2ccc(Cl)cc2)cc1. The van der Waals surface area contributed by atoms with Crippen molar-refractivity contribution in [2.45, 2.75) is 17.5 Å². The minimum atomic E-state index is -4.14. The van der Waals surface area contributed by atoms with E-state index in [1.807, 2.05) is 0 Å². The molecule has 9 heteroatoms. The smallest absolute Gasteiger partial charge is 0.251 e. The second-order valence-electron chi connectivity index (χ2n) is 7.00. The van der Waals surface area contributed by atoms with Crippen molar-refractivity contribution in [2.24, 2.45) is 5.73 Å². The minimum absolute atomic E-state index is 0.0222. The van der Waals surface area contributed by atoms with E-state index in [4.69, 9.17) is 17.3 Å². The Morgan fingerprint density at radius 1 is 0.969 bits per heavy atom. The number of primary amides is 1. The number of rotatable bonds is 8. The molecule has 0 saturated heterocycles. The van der Waals surface area contributed by atoms with Crippen LogP contribution in [0.1, 0.15) is 27.5 Å². The molecular formula is C23H22ClN3O4S. The molecule has 0 spiro atoms. The van der Waals surface area contributed by atoms with E-state index in [1.54, 1.807) is 54.6 Å². The van der Waals surface area contributed by atoms with E-state index < -0.39 is 22.0 Å². The Bertz CT molecular complexity index is 1200. The minimum Gasteiger partial charge on any atom is -0.368 e. The molecule has 1 unspecified atom stereocenters. The molecule has 32 heavy (non-hydrogen) atoms. The molecule has 3 aromatic carbocycles. The van der Waals surface area contributed by atoms with Crippen molar-refractivity contribution < 1.29 is 18.0 Å². The van der Waals surface area contributed by atoms with E-state index in [-0.39, 0.29) is 17.3 Å². The number of hydrogen-bond acceptors (Lipinski definition) is 4. The van der Waals surface area contributed by atoms with Gasteiger partial charge in [-0.15, -0.1) is 0 Å². The first-order valence-corrected chi connectivity index (χ1v) is 11.5. The molecule has 0 aliphatic rings. The highest BCUT2D eigenvalue weighted by Crippen LogP contribution is 2.30. The normalized spacial score (nSPS) is 12.3. The summed E-state index contributed by atoms with van der Waals surface area (Å²) in [6, 6.07) is 19.4. The summed E-state index contributed by atoms with van der Waals surface area (Å²) in [7, 11) is -2.62. The zero-order chi connectivity index (χ0) is 23.3. The Kier molecular flexibility index (Phi) is 7.29. The molecule has 0 aliphatic heterocycles. The Morgan fingerprint density at radius 3 is 2.09 bits per heavy atom. The lowest BCUT2D eigenvalue weighted by Gasteiger charge is -2.29. The van der Waals surface area contributed by atoms with Crippen LogP contribution in [0.2, 0.25) is 5.02 Å². The fraction of sp³-hybridized carbons (Fsp3) is 0.130. The molecule has 0 aliphatic carbocycles. The zero-order valence-corrected chi connectivity index (χ0v) is 18.8. The predicted octanol–water partition coefficient (Wildman–Crippen LogP) is 3.12. The number of nitrogens with zero attached hydrogens (tertiary/aromatic N) is 1. The number of carbonyl (C=O) groups excluding carboxylic acids is 2. The van der Waals surface area contributed by atoms with Gasteiger partial charge in [-0.2, -0.15) is 4.31 Å². The van der Waals surface area contributed by atoms with Gasteiger partial charge in [0.25, 0.3) is 5.91 Å². The number of benzene rings is 3. The molecule has 0 saturated carbocycles. The van der Waals surface area contributed by atoms with Crippen LogP contribution in [0.4, 0.5) is 0 Å². The van der Waals surface area contributed by atoms with Gasteiger partial charge in [0.2, 0.25) is 15.9 Å². The largest absolute Gasteiger partial charge is 0.368 e. The van der Waals surface area contributed by atoms with Crippen molar-refractivity contribution in [2.75, 3.05) is 7.05 Å². The lowest BCUT2D eigenvalue weighted by atomic mass is 10.1. The summed E-state index contributed by atoms with van der Waals surface area (Å²) in [6.07, 6.45) is 0. The lowest BCUT2D eigenvalue weighted by Crippen LogP contribution is -2.41. The van der Waals surface area contributed by atoms with Crippen LogP contribution < -0.4 is 11.1 Å². The first-order chi connectivity index (χ1) is 15.2. The van der Waals surface area contributed by atoms with Gasteiger partial charge in [-0.05, 0) is 47.5 Å². The van der Waals surface area contributed by atoms with Gasteiger partial charge >= 0.3 is 0 Å². The summed E-state index contributed by atoms with van der Waals surface area (Å²) in [5.74, 6) is -1.07. The van der Waals surface area contributed by atoms with E-state index >= 15 is 0 Å². The van der Waals surface area contributed by atoms with Crippen LogP contribution in [-0.2, 0) is 21.4 Å². The molecule has 3 aromatic rings. The van der Waals surface area contributed by atoms with Crippen molar-refractivity contribution in [3.05, 3.63) is 101 Å². The Morgan fingerprint density at radius 2 is 1.56 bits per heavy atom. The highest BCUT2D eigenvalue weighted by Gasteiger charge is 2.36. The number of nitrogens with two attached hydrogens (primary N) is 1. The zero-order valence-electron chi connectivity index (χ0n) is 17.2. The Hall–Kier alpha value is -3.20. The third-order valence-electron chi connectivity index (χ3n) is 4.87. The summed E-state index contributed by atoms with van der Waals surface area (Å²) in [5, 5.41) is 2.91. The summed E-state index contributed by atoms with van der Waals surface area (Å²) in [4.78, 5) is 24.3. The first-order valence-electron chi connectivity index (χ1n) is 9.66. The van der Waals surface area contributed by atoms with Crippen LogP contribution in [0.3, 0.4) is 0 Å². The van der Waals surface area contributed by atoms with Crippen LogP contribution in [0.25, 0.3) is 0 Å². The van der Waals surface area contributed by atoms with Gasteiger partial charge in [0, 0.05) is 24.2 Å². The third kappa shape index (κ3) is 5.16. The van der Waals surface area contributed by atoms with E-state index in [9.17, 15) is 18.0 Å². The van der Waals surface area contributed by atoms with Crippen molar-refractivity contribution >= 4 is 33.4 Å². The molecular weight excluding hydrogens is 450 g/mol. The van der Waals surface area contributed by atoms with Crippen molar-refractivity contribution in [1.82, 2.24) is 9.62 Å². The van der Waals surface area contributed by atoms with Gasteiger partial charge in [0.15, 0.2) is 0 Å². The van der Waals surface area contributed by atoms with Gasteiger partial charge in [-0.25, -0.2) is 8.42 Å². The van der Waals surface area contributed by atoms with Gasteiger partial charge < -0.3 is 11.1 Å². The number of sulfonamides is 1. The maximum absolute atomic E-state index is 13.6. The van der Waals surface area contributed by atoms with Crippen molar-refractivity contribution in [1.29, 1.82) is 0 Å². The number of halogens is 1. The summed E-state index contributed by atoms with van der Waals surface area (Å²) in [6.45, 7) is -0.137. The molecule has 3 N–H and O–H groups in total. The molecule has 1 atom stereocenters. The van der Waals surface area contributed by atoms with Gasteiger partial charge in [0.1, 0.15) is 6.04 Å². The van der Waals surface area contributed by atoms with Gasteiger partial charge in [-0.3, -0.25) is 9.59 Å². The topological polar surface area (TPSA) is 110 Å². The molecule has 0 aromatic heterocycles. The van der Waals surface area contributed by atoms with Crippen molar-refractivity contribution in [3.63, 3.8) is 0 Å². The highest BCUT2D eigenvalue weighted by atomic mass is 35.5. The second kappa shape index (κ2) is 9.95. The van der Waals surface area contributed by atoms with Crippen LogP contribution in [0, 0.1) is 0 Å². The average Bonchev–Trinajstić information content (AvgIpc) is 2.79. The monoisotopic (exact) mass is 471 g/mol. The molecule has 2 amide bonds. The molecule has 0 bridgehead atoms. The summed E-state index contributed by atoms with van der Waals surface area (Å²) in [5.41, 5.74) is 7.14. The fourth-order valence-corrected chi connectivity index (χ4v) is 4.95. The average molecular weight is 472 g/mol. The van der Waals surface area contributed by atoms with Crippen LogP contribution in [0.15, 0.2) is 83.8 Å². The quantitative estimate of drug-likeness (QED) is 0.526. The van der Waals surface area contributed by atoms with Crippen molar-refractivity contribution in [3.8, 4) is 0 Å². The Labute approximate surface area is 191 Å². The molecule has 0 fully saturated rings. The van der Waals surface area contributed by atoms with Crippen LogP contribution in [-0.4, -0.2) is 31.6 Å². The van der Waals surface area contributed by atoms with E-state index in [0.717, 1.165) is 4.31 Å². The lowest BCUT2D eigenvalue weighted by molar-refractivity contribution is -0.122. The highest BCUT2D eigenvalue weighted by molar-refractivity contribution is 7.89. The molecule has 7 nitrogen and oxygen atoms in total. The van der Waals surface area contributed by atoms with Crippen LogP contribution >= 0.6 is 11.6 Å². The van der Waals surface area contributed by atoms with Gasteiger partial charge in [-0.1, -0.05) is 54.1 Å². The number of carbonyl (C=O) groups is 2. The van der Waals surface area contributed by atoms with E-state index in [1.165, 1.54) is 31.3 Å². The maximum atomic E-state index is 13.6. The fourth-order valence-electron chi connectivity index (χ4n) is 3.25. The number of nitrogens with one attached hydrogen (secondary N) is 1. The first kappa shape index (κ1) is 23.5. The number of amides is 2. The second-order valence-corrected chi connectivity index (χ2v) is 9.32. The molecule has 3 rings (SSSR count). The predicted molar refractivity (Wildman–Crippen MR) is 122 cm³/mol. The van der Waals surface area contributed by atoms with E-state index in [2.05, 4.69) is 5.32 Å². The van der Waals surface area contributed by atoms with Crippen LogP contribution in [0.5, 0.6) is 0 Å². The summed E-state index contributed by atoms with van der Waals surface area (Å²) < 4.78 is 28.3. The Balaban J connectivity index is 2.09. The standard InChI is InChI=1S/C23H22ClN3O4S/c1-26-23(29)18-9-7-16(8-10-18)15-27(21(22(25)28)17-5-3-2-4-6-17)32(30,31)20-13-11-19(24)12-14-20/h2-14,21H,15H2,1H3,(H2,25,28)(H,26,29). The summed E-state index contributed by atoms with van der Waals surface area (Å²) >= 11 is 5.92. The number of hydrogen-bond donors (Lipinski definition) is 2. The van der Waals surface area contributed by atoms with Gasteiger partial charge in [0.05, 0.1) is 4.90 Å².